The highest BCUT2D eigenvalue weighted by atomic mass is 16.4. The predicted molar refractivity (Wildman–Crippen MR) is 62.6 cm³/mol. The van der Waals surface area contributed by atoms with Crippen molar-refractivity contribution < 1.29 is 14.7 Å². The number of hydrogen-bond acceptors (Lipinski definition) is 3. The van der Waals surface area contributed by atoms with E-state index >= 15 is 0 Å². The van der Waals surface area contributed by atoms with Crippen LogP contribution in [0.3, 0.4) is 0 Å². The molecule has 0 aromatic carbocycles. The number of carbonyl (C=O) groups is 2. The smallest absolute Gasteiger partial charge is 0.323 e. The molecular weight excluding hydrogens is 220 g/mol. The molecule has 2 rings (SSSR count). The van der Waals surface area contributed by atoms with Gasteiger partial charge in [0.05, 0.1) is 6.04 Å². The molecule has 2 fully saturated rings. The molecule has 0 aromatic heterocycles. The number of nitrogens with one attached hydrogen (secondary N) is 1. The van der Waals surface area contributed by atoms with Gasteiger partial charge in [-0.1, -0.05) is 6.92 Å². The maximum atomic E-state index is 12.3. The SMILES string of the molecule is CC1CCNC(C(=O)N(CC(=O)O)C2CC2)C1. The number of carbonyl (C=O) groups excluding carboxylic acids is 1. The molecule has 5 heteroatoms. The summed E-state index contributed by atoms with van der Waals surface area (Å²) in [4.78, 5) is 24.6. The predicted octanol–water partition coefficient (Wildman–Crippen LogP) is 0.450. The van der Waals surface area contributed by atoms with Crippen LogP contribution >= 0.6 is 0 Å². The highest BCUT2D eigenvalue weighted by Crippen LogP contribution is 2.28. The Bertz CT molecular complexity index is 315. The Hall–Kier alpha value is -1.10. The minimum atomic E-state index is -0.922. The van der Waals surface area contributed by atoms with Crippen molar-refractivity contribution in [3.8, 4) is 0 Å². The molecule has 2 N–H and O–H groups in total. The molecule has 0 spiro atoms. The van der Waals surface area contributed by atoms with Crippen molar-refractivity contribution in [2.45, 2.75) is 44.7 Å². The molecule has 2 aliphatic rings. The molecule has 1 aliphatic carbocycles. The Balaban J connectivity index is 1.97. The average molecular weight is 240 g/mol. The monoisotopic (exact) mass is 240 g/mol. The zero-order valence-electron chi connectivity index (χ0n) is 10.2. The highest BCUT2D eigenvalue weighted by molar-refractivity contribution is 5.86. The van der Waals surface area contributed by atoms with E-state index in [1.54, 1.807) is 0 Å². The van der Waals surface area contributed by atoms with Crippen LogP contribution in [0.15, 0.2) is 0 Å². The van der Waals surface area contributed by atoms with Crippen molar-refractivity contribution in [1.82, 2.24) is 10.2 Å². The summed E-state index contributed by atoms with van der Waals surface area (Å²) in [5, 5.41) is 12.0. The van der Waals surface area contributed by atoms with Gasteiger partial charge in [-0.05, 0) is 38.1 Å². The van der Waals surface area contributed by atoms with E-state index in [0.29, 0.717) is 5.92 Å². The van der Waals surface area contributed by atoms with Gasteiger partial charge in [-0.3, -0.25) is 9.59 Å². The van der Waals surface area contributed by atoms with Crippen LogP contribution < -0.4 is 5.32 Å². The fourth-order valence-electron chi connectivity index (χ4n) is 2.41. The molecule has 1 saturated carbocycles. The number of hydrogen-bond donors (Lipinski definition) is 2. The molecule has 2 unspecified atom stereocenters. The van der Waals surface area contributed by atoms with Gasteiger partial charge in [0, 0.05) is 6.04 Å². The Morgan fingerprint density at radius 3 is 2.59 bits per heavy atom. The molecule has 96 valence electrons. The van der Waals surface area contributed by atoms with Gasteiger partial charge in [0.1, 0.15) is 6.54 Å². The quantitative estimate of drug-likeness (QED) is 0.748. The van der Waals surface area contributed by atoms with E-state index in [0.717, 1.165) is 32.2 Å². The van der Waals surface area contributed by atoms with Crippen molar-refractivity contribution in [1.29, 1.82) is 0 Å². The first-order valence-corrected chi connectivity index (χ1v) is 6.33. The van der Waals surface area contributed by atoms with Crippen molar-refractivity contribution in [3.05, 3.63) is 0 Å². The number of rotatable bonds is 4. The maximum absolute atomic E-state index is 12.3. The standard InChI is InChI=1S/C12H20N2O3/c1-8-4-5-13-10(6-8)12(17)14(7-11(15)16)9-2-3-9/h8-10,13H,2-7H2,1H3,(H,15,16). The van der Waals surface area contributed by atoms with E-state index in [1.807, 2.05) is 0 Å². The van der Waals surface area contributed by atoms with Gasteiger partial charge in [0.15, 0.2) is 0 Å². The lowest BCUT2D eigenvalue weighted by molar-refractivity contribution is -0.146. The van der Waals surface area contributed by atoms with Gasteiger partial charge < -0.3 is 15.3 Å². The second-order valence-electron chi connectivity index (χ2n) is 5.23. The highest BCUT2D eigenvalue weighted by Gasteiger charge is 2.37. The first-order valence-electron chi connectivity index (χ1n) is 6.33. The lowest BCUT2D eigenvalue weighted by Crippen LogP contribution is -2.51. The number of nitrogens with zero attached hydrogens (tertiary/aromatic N) is 1. The first-order chi connectivity index (χ1) is 8.08. The van der Waals surface area contributed by atoms with E-state index in [4.69, 9.17) is 5.11 Å². The molecule has 1 amide bonds. The second-order valence-corrected chi connectivity index (χ2v) is 5.23. The Labute approximate surface area is 101 Å². The summed E-state index contributed by atoms with van der Waals surface area (Å²) in [5.74, 6) is -0.411. The van der Waals surface area contributed by atoms with E-state index in [-0.39, 0.29) is 24.5 Å². The summed E-state index contributed by atoms with van der Waals surface area (Å²) in [5.41, 5.74) is 0. The first kappa shape index (κ1) is 12.4. The number of carboxylic acids is 1. The number of amides is 1. The Morgan fingerprint density at radius 2 is 2.06 bits per heavy atom. The van der Waals surface area contributed by atoms with E-state index in [9.17, 15) is 9.59 Å². The van der Waals surface area contributed by atoms with Crippen LogP contribution in [0.4, 0.5) is 0 Å². The van der Waals surface area contributed by atoms with Gasteiger partial charge in [0.2, 0.25) is 5.91 Å². The van der Waals surface area contributed by atoms with Gasteiger partial charge in [-0.15, -0.1) is 0 Å². The topological polar surface area (TPSA) is 69.6 Å². The summed E-state index contributed by atoms with van der Waals surface area (Å²) in [7, 11) is 0. The van der Waals surface area contributed by atoms with Crippen molar-refractivity contribution in [3.63, 3.8) is 0 Å². The molecule has 0 radical (unpaired) electrons. The van der Waals surface area contributed by atoms with Crippen molar-refractivity contribution in [2.75, 3.05) is 13.1 Å². The molecule has 17 heavy (non-hydrogen) atoms. The zero-order chi connectivity index (χ0) is 12.4. The lowest BCUT2D eigenvalue weighted by Gasteiger charge is -2.31. The van der Waals surface area contributed by atoms with Crippen LogP contribution in [0.1, 0.15) is 32.6 Å². The molecular formula is C12H20N2O3. The number of aliphatic carboxylic acids is 1. The lowest BCUT2D eigenvalue weighted by atomic mass is 9.93. The fourth-order valence-corrected chi connectivity index (χ4v) is 2.41. The molecule has 0 bridgehead atoms. The van der Waals surface area contributed by atoms with Crippen molar-refractivity contribution in [2.24, 2.45) is 5.92 Å². The summed E-state index contributed by atoms with van der Waals surface area (Å²) >= 11 is 0. The Kier molecular flexibility index (Phi) is 3.66. The molecule has 0 aromatic rings. The van der Waals surface area contributed by atoms with E-state index in [2.05, 4.69) is 12.2 Å². The molecule has 1 heterocycles. The Morgan fingerprint density at radius 1 is 1.35 bits per heavy atom. The third-order valence-electron chi connectivity index (χ3n) is 3.54. The molecule has 2 atom stereocenters. The van der Waals surface area contributed by atoms with Crippen LogP contribution in [0.25, 0.3) is 0 Å². The normalized spacial score (nSPS) is 28.8. The van der Waals surface area contributed by atoms with Gasteiger partial charge in [-0.2, -0.15) is 0 Å². The van der Waals surface area contributed by atoms with Crippen LogP contribution in [0.5, 0.6) is 0 Å². The summed E-state index contributed by atoms with van der Waals surface area (Å²) < 4.78 is 0. The molecule has 1 saturated heterocycles. The van der Waals surface area contributed by atoms with Gasteiger partial charge >= 0.3 is 5.97 Å². The minimum Gasteiger partial charge on any atom is -0.480 e. The number of carboxylic acid groups (broad SMARTS) is 1. The van der Waals surface area contributed by atoms with Crippen molar-refractivity contribution >= 4 is 11.9 Å². The average Bonchev–Trinajstić information content (AvgIpc) is 3.08. The summed E-state index contributed by atoms with van der Waals surface area (Å²) in [6, 6.07) is -0.0173. The van der Waals surface area contributed by atoms with E-state index in [1.165, 1.54) is 4.90 Å². The zero-order valence-corrected chi connectivity index (χ0v) is 10.2. The van der Waals surface area contributed by atoms with Gasteiger partial charge in [-0.25, -0.2) is 0 Å². The number of piperidine rings is 1. The fraction of sp³-hybridized carbons (Fsp3) is 0.833. The third-order valence-corrected chi connectivity index (χ3v) is 3.54. The second kappa shape index (κ2) is 5.04. The molecule has 1 aliphatic heterocycles. The van der Waals surface area contributed by atoms with Crippen LogP contribution in [-0.2, 0) is 9.59 Å². The summed E-state index contributed by atoms with van der Waals surface area (Å²) in [6.45, 7) is 2.83. The van der Waals surface area contributed by atoms with Gasteiger partial charge in [0.25, 0.3) is 0 Å². The largest absolute Gasteiger partial charge is 0.480 e. The van der Waals surface area contributed by atoms with Crippen LogP contribution in [0, 0.1) is 5.92 Å². The van der Waals surface area contributed by atoms with Crippen LogP contribution in [-0.4, -0.2) is 47.1 Å². The third kappa shape index (κ3) is 3.19. The summed E-state index contributed by atoms with van der Waals surface area (Å²) in [6.07, 6.45) is 3.80. The molecule has 5 nitrogen and oxygen atoms in total. The van der Waals surface area contributed by atoms with Crippen LogP contribution in [0.2, 0.25) is 0 Å². The maximum Gasteiger partial charge on any atom is 0.323 e. The minimum absolute atomic E-state index is 0.0264. The van der Waals surface area contributed by atoms with E-state index < -0.39 is 5.97 Å².